The molecule has 0 radical (unpaired) electrons. The summed E-state index contributed by atoms with van der Waals surface area (Å²) in [7, 11) is 0. The smallest absolute Gasteiger partial charge is 0.341 e. The number of piperazine rings is 1. The lowest BCUT2D eigenvalue weighted by atomic mass is 10.1. The topological polar surface area (TPSA) is 91.6 Å². The van der Waals surface area contributed by atoms with Crippen molar-refractivity contribution in [3.8, 4) is 0 Å². The van der Waals surface area contributed by atoms with Gasteiger partial charge in [-0.3, -0.25) is 4.79 Å². The fraction of sp³-hybridized carbons (Fsp3) is 0.333. The monoisotopic (exact) mass is 391 g/mol. The molecular weight excluding hydrogens is 370 g/mol. The van der Waals surface area contributed by atoms with Gasteiger partial charge in [0, 0.05) is 56.9 Å². The van der Waals surface area contributed by atoms with Crippen LogP contribution in [0.15, 0.2) is 47.7 Å². The number of fused-ring (bicyclic) bond motifs is 1. The minimum absolute atomic E-state index is 0.192. The number of pyridine rings is 3. The van der Waals surface area contributed by atoms with Crippen LogP contribution in [-0.2, 0) is 0 Å². The fourth-order valence-corrected chi connectivity index (χ4v) is 3.92. The number of aromatic nitrogens is 3. The zero-order chi connectivity index (χ0) is 20.0. The van der Waals surface area contributed by atoms with E-state index < -0.39 is 11.4 Å². The van der Waals surface area contributed by atoms with E-state index in [2.05, 4.69) is 19.8 Å². The highest BCUT2D eigenvalue weighted by Crippen LogP contribution is 2.37. The molecule has 148 valence electrons. The lowest BCUT2D eigenvalue weighted by molar-refractivity contribution is 0.0695. The van der Waals surface area contributed by atoms with Gasteiger partial charge in [-0.05, 0) is 25.0 Å². The highest BCUT2D eigenvalue weighted by molar-refractivity contribution is 5.93. The number of hydrogen-bond donors (Lipinski definition) is 1. The Hall–Kier alpha value is -3.42. The van der Waals surface area contributed by atoms with Crippen molar-refractivity contribution < 1.29 is 9.90 Å². The van der Waals surface area contributed by atoms with Crippen molar-refractivity contribution in [2.24, 2.45) is 0 Å². The van der Waals surface area contributed by atoms with E-state index in [9.17, 15) is 14.7 Å². The average Bonchev–Trinajstić information content (AvgIpc) is 3.59. The number of carbonyl (C=O) groups is 1. The molecule has 0 bridgehead atoms. The molecule has 4 heterocycles. The molecule has 1 N–H and O–H groups in total. The Morgan fingerprint density at radius 2 is 1.76 bits per heavy atom. The average molecular weight is 391 g/mol. The summed E-state index contributed by atoms with van der Waals surface area (Å²) >= 11 is 0. The Kier molecular flexibility index (Phi) is 4.19. The number of nitrogens with zero attached hydrogens (tertiary/aromatic N) is 5. The lowest BCUT2D eigenvalue weighted by Crippen LogP contribution is -2.47. The summed E-state index contributed by atoms with van der Waals surface area (Å²) < 4.78 is 1.94. The van der Waals surface area contributed by atoms with Crippen molar-refractivity contribution in [2.45, 2.75) is 18.9 Å². The first-order valence-corrected chi connectivity index (χ1v) is 9.81. The van der Waals surface area contributed by atoms with E-state index in [4.69, 9.17) is 0 Å². The van der Waals surface area contributed by atoms with Gasteiger partial charge in [0.2, 0.25) is 5.43 Å². The molecule has 3 aromatic heterocycles. The van der Waals surface area contributed by atoms with Crippen LogP contribution >= 0.6 is 0 Å². The van der Waals surface area contributed by atoms with Gasteiger partial charge < -0.3 is 19.5 Å². The van der Waals surface area contributed by atoms with Gasteiger partial charge in [0.15, 0.2) is 0 Å². The van der Waals surface area contributed by atoms with Crippen LogP contribution in [0, 0.1) is 0 Å². The minimum atomic E-state index is -1.19. The first-order chi connectivity index (χ1) is 14.1. The molecule has 2 aliphatic rings. The van der Waals surface area contributed by atoms with Gasteiger partial charge in [-0.2, -0.15) is 0 Å². The van der Waals surface area contributed by atoms with Crippen LogP contribution in [0.2, 0.25) is 0 Å². The zero-order valence-electron chi connectivity index (χ0n) is 15.9. The normalized spacial score (nSPS) is 17.0. The van der Waals surface area contributed by atoms with E-state index >= 15 is 0 Å². The van der Waals surface area contributed by atoms with Crippen LogP contribution in [-0.4, -0.2) is 51.8 Å². The SMILES string of the molecule is O=C(O)c1cn(C2CC2)c2cc(N3CCN(c4ccccn4)CC3)ncc2c1=O. The maximum atomic E-state index is 12.6. The molecule has 0 atom stereocenters. The number of hydrogen-bond acceptors (Lipinski definition) is 6. The van der Waals surface area contributed by atoms with Gasteiger partial charge in [0.25, 0.3) is 0 Å². The standard InChI is InChI=1S/C21H21N5O3/c27-20-15-12-23-19(11-17(15)26(14-4-5-14)13-16(20)21(28)29)25-9-7-24(8-10-25)18-3-1-2-6-22-18/h1-3,6,11-14H,4-5,7-10H2,(H,28,29). The van der Waals surface area contributed by atoms with E-state index in [-0.39, 0.29) is 11.6 Å². The number of carboxylic acids is 1. The summed E-state index contributed by atoms with van der Waals surface area (Å²) in [5.74, 6) is 0.596. The van der Waals surface area contributed by atoms with E-state index in [0.29, 0.717) is 5.39 Å². The van der Waals surface area contributed by atoms with Gasteiger partial charge in [0.05, 0.1) is 10.9 Å². The highest BCUT2D eigenvalue weighted by Gasteiger charge is 2.27. The molecule has 29 heavy (non-hydrogen) atoms. The van der Waals surface area contributed by atoms with Crippen molar-refractivity contribution in [2.75, 3.05) is 36.0 Å². The van der Waals surface area contributed by atoms with Crippen LogP contribution in [0.3, 0.4) is 0 Å². The van der Waals surface area contributed by atoms with E-state index in [1.807, 2.05) is 28.8 Å². The maximum Gasteiger partial charge on any atom is 0.341 e. The van der Waals surface area contributed by atoms with E-state index in [1.165, 1.54) is 12.4 Å². The second-order valence-electron chi connectivity index (χ2n) is 7.54. The summed E-state index contributed by atoms with van der Waals surface area (Å²) in [6.45, 7) is 3.28. The van der Waals surface area contributed by atoms with Crippen LogP contribution in [0.25, 0.3) is 10.9 Å². The molecule has 1 saturated carbocycles. The Labute approximate surface area is 167 Å². The minimum Gasteiger partial charge on any atom is -0.477 e. The summed E-state index contributed by atoms with van der Waals surface area (Å²) in [6.07, 6.45) is 6.82. The number of carboxylic acid groups (broad SMARTS) is 1. The molecule has 0 amide bonds. The maximum absolute atomic E-state index is 12.6. The second-order valence-corrected chi connectivity index (χ2v) is 7.54. The predicted octanol–water partition coefficient (Wildman–Crippen LogP) is 2.15. The third-order valence-electron chi connectivity index (χ3n) is 5.65. The first kappa shape index (κ1) is 17.7. The lowest BCUT2D eigenvalue weighted by Gasteiger charge is -2.36. The quantitative estimate of drug-likeness (QED) is 0.729. The van der Waals surface area contributed by atoms with Gasteiger partial charge in [0.1, 0.15) is 17.2 Å². The Morgan fingerprint density at radius 1 is 1.03 bits per heavy atom. The molecule has 5 rings (SSSR count). The first-order valence-electron chi connectivity index (χ1n) is 9.81. The summed E-state index contributed by atoms with van der Waals surface area (Å²) in [5.41, 5.74) is 0.103. The Bertz CT molecular complexity index is 1130. The largest absolute Gasteiger partial charge is 0.477 e. The van der Waals surface area contributed by atoms with Crippen LogP contribution in [0.4, 0.5) is 11.6 Å². The third kappa shape index (κ3) is 3.20. The molecule has 0 unspecified atom stereocenters. The molecule has 1 aliphatic heterocycles. The van der Waals surface area contributed by atoms with E-state index in [0.717, 1.165) is 56.2 Å². The molecule has 8 nitrogen and oxygen atoms in total. The van der Waals surface area contributed by atoms with Crippen molar-refractivity contribution in [3.63, 3.8) is 0 Å². The molecule has 0 aromatic carbocycles. The molecular formula is C21H21N5O3. The van der Waals surface area contributed by atoms with Crippen molar-refractivity contribution >= 4 is 28.5 Å². The Balaban J connectivity index is 1.46. The molecule has 8 heteroatoms. The summed E-state index contributed by atoms with van der Waals surface area (Å²) in [5, 5.41) is 9.75. The molecule has 0 spiro atoms. The molecule has 1 aliphatic carbocycles. The van der Waals surface area contributed by atoms with Gasteiger partial charge in [-0.15, -0.1) is 0 Å². The van der Waals surface area contributed by atoms with E-state index in [1.54, 1.807) is 6.20 Å². The van der Waals surface area contributed by atoms with Gasteiger partial charge in [-0.1, -0.05) is 6.07 Å². The summed E-state index contributed by atoms with van der Waals surface area (Å²) in [4.78, 5) is 37.4. The zero-order valence-corrected chi connectivity index (χ0v) is 15.9. The second kappa shape index (κ2) is 6.88. The molecule has 3 aromatic rings. The fourth-order valence-electron chi connectivity index (χ4n) is 3.92. The van der Waals surface area contributed by atoms with Crippen molar-refractivity contribution in [1.82, 2.24) is 14.5 Å². The van der Waals surface area contributed by atoms with Crippen LogP contribution in [0.5, 0.6) is 0 Å². The van der Waals surface area contributed by atoms with Gasteiger partial charge in [-0.25, -0.2) is 14.8 Å². The van der Waals surface area contributed by atoms with Crippen molar-refractivity contribution in [1.29, 1.82) is 0 Å². The molecule has 1 saturated heterocycles. The summed E-state index contributed by atoms with van der Waals surface area (Å²) in [6, 6.07) is 8.10. The molecule has 2 fully saturated rings. The van der Waals surface area contributed by atoms with Crippen LogP contribution in [0.1, 0.15) is 29.2 Å². The predicted molar refractivity (Wildman–Crippen MR) is 110 cm³/mol. The van der Waals surface area contributed by atoms with Crippen molar-refractivity contribution in [3.05, 3.63) is 58.6 Å². The number of anilines is 2. The van der Waals surface area contributed by atoms with Gasteiger partial charge >= 0.3 is 5.97 Å². The third-order valence-corrected chi connectivity index (χ3v) is 5.65. The number of rotatable bonds is 4. The number of aromatic carboxylic acids is 1. The highest BCUT2D eigenvalue weighted by atomic mass is 16.4. The Morgan fingerprint density at radius 3 is 2.38 bits per heavy atom. The van der Waals surface area contributed by atoms with Crippen LogP contribution < -0.4 is 15.2 Å².